The van der Waals surface area contributed by atoms with Gasteiger partial charge in [0.25, 0.3) is 0 Å². The van der Waals surface area contributed by atoms with Gasteiger partial charge in [0.1, 0.15) is 12.4 Å². The molecule has 1 heterocycles. The number of likely N-dealkylation sites (N-methyl/N-ethyl adjacent to an activating group) is 1. The molecule has 1 atom stereocenters. The van der Waals surface area contributed by atoms with Crippen LogP contribution >= 0.6 is 0 Å². The van der Waals surface area contributed by atoms with Gasteiger partial charge in [-0.3, -0.25) is 0 Å². The third-order valence-electron chi connectivity index (χ3n) is 5.56. The summed E-state index contributed by atoms with van der Waals surface area (Å²) in [4.78, 5) is 2.35. The van der Waals surface area contributed by atoms with Gasteiger partial charge < -0.3 is 24.4 Å². The quantitative estimate of drug-likeness (QED) is 0.654. The van der Waals surface area contributed by atoms with Gasteiger partial charge in [0.2, 0.25) is 0 Å². The number of nitrogens with one attached hydrogen (secondary N) is 1. The van der Waals surface area contributed by atoms with E-state index >= 15 is 0 Å². The Balaban J connectivity index is 1.77. The van der Waals surface area contributed by atoms with Crippen molar-refractivity contribution in [1.29, 1.82) is 0 Å². The van der Waals surface area contributed by atoms with Crippen molar-refractivity contribution in [1.82, 2.24) is 10.2 Å². The summed E-state index contributed by atoms with van der Waals surface area (Å²) in [5.74, 6) is 2.52. The normalized spacial score (nSPS) is 15.8. The molecular formula is C24H34N2O3. The molecule has 29 heavy (non-hydrogen) atoms. The van der Waals surface area contributed by atoms with Gasteiger partial charge in [0.15, 0.2) is 11.5 Å². The maximum Gasteiger partial charge on any atom is 0.161 e. The zero-order valence-corrected chi connectivity index (χ0v) is 18.2. The summed E-state index contributed by atoms with van der Waals surface area (Å²) in [5, 5.41) is 3.64. The van der Waals surface area contributed by atoms with Gasteiger partial charge in [-0.2, -0.15) is 0 Å². The lowest BCUT2D eigenvalue weighted by Gasteiger charge is -2.28. The monoisotopic (exact) mass is 398 g/mol. The summed E-state index contributed by atoms with van der Waals surface area (Å²) in [5.41, 5.74) is 3.83. The predicted octanol–water partition coefficient (Wildman–Crippen LogP) is 4.05. The van der Waals surface area contributed by atoms with Crippen LogP contribution in [-0.4, -0.2) is 51.4 Å². The highest BCUT2D eigenvalue weighted by molar-refractivity contribution is 5.49. The first-order chi connectivity index (χ1) is 14.2. The summed E-state index contributed by atoms with van der Waals surface area (Å²) in [6.45, 7) is 11.6. The average molecular weight is 399 g/mol. The van der Waals surface area contributed by atoms with Crippen LogP contribution < -0.4 is 19.5 Å². The van der Waals surface area contributed by atoms with Crippen LogP contribution in [0.1, 0.15) is 43.5 Å². The Morgan fingerprint density at radius 2 is 1.83 bits per heavy atom. The van der Waals surface area contributed by atoms with Crippen molar-refractivity contribution >= 4 is 0 Å². The molecule has 1 aliphatic heterocycles. The number of hydrogen-bond donors (Lipinski definition) is 1. The van der Waals surface area contributed by atoms with Crippen molar-refractivity contribution in [3.05, 3.63) is 53.1 Å². The minimum Gasteiger partial charge on any atom is -0.494 e. The van der Waals surface area contributed by atoms with Gasteiger partial charge in [-0.1, -0.05) is 26.0 Å². The van der Waals surface area contributed by atoms with E-state index in [1.54, 1.807) is 7.11 Å². The van der Waals surface area contributed by atoms with Crippen molar-refractivity contribution in [3.8, 4) is 17.2 Å². The van der Waals surface area contributed by atoms with Crippen LogP contribution in [0.2, 0.25) is 0 Å². The van der Waals surface area contributed by atoms with Crippen molar-refractivity contribution in [3.63, 3.8) is 0 Å². The first-order valence-corrected chi connectivity index (χ1v) is 10.7. The highest BCUT2D eigenvalue weighted by Crippen LogP contribution is 2.36. The van der Waals surface area contributed by atoms with E-state index in [1.807, 2.05) is 13.0 Å². The Labute approximate surface area is 175 Å². The van der Waals surface area contributed by atoms with Crippen LogP contribution in [0.4, 0.5) is 0 Å². The largest absolute Gasteiger partial charge is 0.494 e. The number of rotatable bonds is 10. The highest BCUT2D eigenvalue weighted by Gasteiger charge is 2.23. The van der Waals surface area contributed by atoms with Crippen molar-refractivity contribution < 1.29 is 14.2 Å². The van der Waals surface area contributed by atoms with E-state index in [2.05, 4.69) is 54.4 Å². The van der Waals surface area contributed by atoms with Crippen molar-refractivity contribution in [2.24, 2.45) is 0 Å². The molecule has 5 nitrogen and oxygen atoms in total. The van der Waals surface area contributed by atoms with Crippen LogP contribution in [0.15, 0.2) is 36.4 Å². The third kappa shape index (κ3) is 5.22. The molecule has 3 rings (SSSR count). The zero-order valence-electron chi connectivity index (χ0n) is 18.2. The second-order valence-electron chi connectivity index (χ2n) is 7.22. The van der Waals surface area contributed by atoms with Crippen LogP contribution in [0.5, 0.6) is 17.2 Å². The molecule has 0 aromatic heterocycles. The average Bonchev–Trinajstić information content (AvgIpc) is 2.76. The second kappa shape index (κ2) is 10.5. The van der Waals surface area contributed by atoms with Crippen LogP contribution in [0.3, 0.4) is 0 Å². The summed E-state index contributed by atoms with van der Waals surface area (Å²) < 4.78 is 17.3. The van der Waals surface area contributed by atoms with Crippen LogP contribution in [0.25, 0.3) is 0 Å². The lowest BCUT2D eigenvalue weighted by molar-refractivity contribution is 0.217. The van der Waals surface area contributed by atoms with E-state index in [0.29, 0.717) is 13.2 Å². The molecule has 0 amide bonds. The Bertz CT molecular complexity index is 790. The Morgan fingerprint density at radius 1 is 1.00 bits per heavy atom. The van der Waals surface area contributed by atoms with E-state index in [0.717, 1.165) is 49.8 Å². The second-order valence-corrected chi connectivity index (χ2v) is 7.22. The number of hydrogen-bond acceptors (Lipinski definition) is 5. The molecule has 158 valence electrons. The zero-order chi connectivity index (χ0) is 20.6. The lowest BCUT2D eigenvalue weighted by Crippen LogP contribution is -2.30. The summed E-state index contributed by atoms with van der Waals surface area (Å²) in [7, 11) is 1.70. The molecule has 0 saturated heterocycles. The number of methoxy groups -OCH3 is 1. The standard InChI is InChI=1S/C24H34N2O3/c1-5-26(6-2)14-15-29-22-11-8-19(17-23(22)27-4)24-21-10-9-20(28-7-3)16-18(21)12-13-25-24/h8-11,16-17,24-25H,5-7,12-15H2,1-4H3. The molecule has 0 bridgehead atoms. The van der Waals surface area contributed by atoms with E-state index < -0.39 is 0 Å². The van der Waals surface area contributed by atoms with Crippen LogP contribution in [-0.2, 0) is 6.42 Å². The summed E-state index contributed by atoms with van der Waals surface area (Å²) >= 11 is 0. The number of nitrogens with zero attached hydrogens (tertiary/aromatic N) is 1. The molecule has 1 N–H and O–H groups in total. The first-order valence-electron chi connectivity index (χ1n) is 10.7. The number of ether oxygens (including phenoxy) is 3. The number of benzene rings is 2. The maximum absolute atomic E-state index is 6.01. The van der Waals surface area contributed by atoms with Gasteiger partial charge in [-0.05, 0) is 67.4 Å². The first kappa shape index (κ1) is 21.5. The molecule has 5 heteroatoms. The van der Waals surface area contributed by atoms with Crippen molar-refractivity contribution in [2.45, 2.75) is 33.2 Å². The molecule has 0 fully saturated rings. The minimum absolute atomic E-state index is 0.146. The predicted molar refractivity (Wildman–Crippen MR) is 117 cm³/mol. The number of fused-ring (bicyclic) bond motifs is 1. The topological polar surface area (TPSA) is 43.0 Å². The van der Waals surface area contributed by atoms with Gasteiger partial charge >= 0.3 is 0 Å². The summed E-state index contributed by atoms with van der Waals surface area (Å²) in [6.07, 6.45) is 1.01. The smallest absolute Gasteiger partial charge is 0.161 e. The molecule has 1 unspecified atom stereocenters. The molecule has 0 spiro atoms. The molecule has 0 aliphatic carbocycles. The lowest BCUT2D eigenvalue weighted by atomic mass is 9.89. The van der Waals surface area contributed by atoms with Gasteiger partial charge in [-0.15, -0.1) is 0 Å². The molecule has 1 aliphatic rings. The van der Waals surface area contributed by atoms with E-state index in [9.17, 15) is 0 Å². The third-order valence-corrected chi connectivity index (χ3v) is 5.56. The van der Waals surface area contributed by atoms with E-state index in [-0.39, 0.29) is 6.04 Å². The Kier molecular flexibility index (Phi) is 7.78. The fourth-order valence-electron chi connectivity index (χ4n) is 3.90. The van der Waals surface area contributed by atoms with E-state index in [4.69, 9.17) is 14.2 Å². The molecule has 0 radical (unpaired) electrons. The van der Waals surface area contributed by atoms with E-state index in [1.165, 1.54) is 16.7 Å². The van der Waals surface area contributed by atoms with Gasteiger partial charge in [-0.25, -0.2) is 0 Å². The van der Waals surface area contributed by atoms with Gasteiger partial charge in [0.05, 0.1) is 19.8 Å². The molecule has 2 aromatic rings. The SMILES string of the molecule is CCOc1ccc2c(c1)CCNC2c1ccc(OCCN(CC)CC)c(OC)c1. The minimum atomic E-state index is 0.146. The molecule has 2 aromatic carbocycles. The van der Waals surface area contributed by atoms with Crippen molar-refractivity contribution in [2.75, 3.05) is 46.5 Å². The summed E-state index contributed by atoms with van der Waals surface area (Å²) in [6, 6.07) is 12.8. The molecule has 0 saturated carbocycles. The Morgan fingerprint density at radius 3 is 2.55 bits per heavy atom. The maximum atomic E-state index is 6.01. The Hall–Kier alpha value is -2.24. The fourth-order valence-corrected chi connectivity index (χ4v) is 3.90. The van der Waals surface area contributed by atoms with Crippen LogP contribution in [0, 0.1) is 0 Å². The fraction of sp³-hybridized carbons (Fsp3) is 0.500. The highest BCUT2D eigenvalue weighted by atomic mass is 16.5. The van der Waals surface area contributed by atoms with Gasteiger partial charge in [0, 0.05) is 13.1 Å². The molecular weight excluding hydrogens is 364 g/mol.